The van der Waals surface area contributed by atoms with Crippen LogP contribution in [0, 0.1) is 0 Å². The number of hydrogen-bond acceptors (Lipinski definition) is 1. The summed E-state index contributed by atoms with van der Waals surface area (Å²) in [6.07, 6.45) is 0. The van der Waals surface area contributed by atoms with Crippen molar-refractivity contribution in [2.45, 2.75) is 19.8 Å². The molecule has 4 aromatic rings. The monoisotopic (exact) mass is 311 g/mol. The Morgan fingerprint density at radius 3 is 2.21 bits per heavy atom. The van der Waals surface area contributed by atoms with Gasteiger partial charge in [-0.05, 0) is 62.4 Å². The summed E-state index contributed by atoms with van der Waals surface area (Å²) in [5.41, 5.74) is 10.7. The molecule has 0 bridgehead atoms. The number of benzene rings is 4. The molecular weight excluding hydrogens is 290 g/mol. The molecule has 0 radical (unpaired) electrons. The Labute approximate surface area is 142 Å². The number of hydrogen-bond donors (Lipinski definition) is 1. The molecule has 2 N–H and O–H groups in total. The lowest BCUT2D eigenvalue weighted by molar-refractivity contribution is 0.869. The zero-order valence-corrected chi connectivity index (χ0v) is 14.1. The minimum absolute atomic E-state index is 0.514. The standard InChI is InChI=1S/C23H21N/c1-15(2)17-8-10-21-20-11-9-19(24)12-18(20)14-22(23(21)13-17)16-6-4-3-5-7-16/h3-15H,24H2,1-2H3. The van der Waals surface area contributed by atoms with Crippen molar-refractivity contribution in [2.75, 3.05) is 5.73 Å². The predicted octanol–water partition coefficient (Wildman–Crippen LogP) is 6.37. The average Bonchev–Trinajstić information content (AvgIpc) is 2.61. The van der Waals surface area contributed by atoms with Crippen LogP contribution in [0.3, 0.4) is 0 Å². The van der Waals surface area contributed by atoms with Crippen LogP contribution in [0.5, 0.6) is 0 Å². The van der Waals surface area contributed by atoms with E-state index in [1.165, 1.54) is 38.2 Å². The quantitative estimate of drug-likeness (QED) is 0.338. The Kier molecular flexibility index (Phi) is 3.50. The highest BCUT2D eigenvalue weighted by Crippen LogP contribution is 2.37. The van der Waals surface area contributed by atoms with Gasteiger partial charge in [-0.2, -0.15) is 0 Å². The zero-order valence-electron chi connectivity index (χ0n) is 14.1. The van der Waals surface area contributed by atoms with E-state index in [0.717, 1.165) is 5.69 Å². The van der Waals surface area contributed by atoms with Gasteiger partial charge in [-0.1, -0.05) is 68.4 Å². The third-order valence-corrected chi connectivity index (χ3v) is 4.75. The molecule has 0 fully saturated rings. The van der Waals surface area contributed by atoms with Crippen molar-refractivity contribution in [3.8, 4) is 11.1 Å². The molecule has 0 spiro atoms. The number of nitrogens with two attached hydrogens (primary N) is 1. The summed E-state index contributed by atoms with van der Waals surface area (Å²) in [6, 6.07) is 25.9. The lowest BCUT2D eigenvalue weighted by atomic mass is 9.90. The van der Waals surface area contributed by atoms with E-state index in [0.29, 0.717) is 5.92 Å². The van der Waals surface area contributed by atoms with Crippen LogP contribution in [0.1, 0.15) is 25.3 Å². The van der Waals surface area contributed by atoms with Gasteiger partial charge < -0.3 is 5.73 Å². The van der Waals surface area contributed by atoms with E-state index in [1.54, 1.807) is 0 Å². The van der Waals surface area contributed by atoms with Gasteiger partial charge in [-0.25, -0.2) is 0 Å². The Morgan fingerprint density at radius 1 is 0.708 bits per heavy atom. The van der Waals surface area contributed by atoms with Gasteiger partial charge in [0.1, 0.15) is 0 Å². The van der Waals surface area contributed by atoms with Crippen molar-refractivity contribution in [2.24, 2.45) is 0 Å². The van der Waals surface area contributed by atoms with Crippen molar-refractivity contribution < 1.29 is 0 Å². The van der Waals surface area contributed by atoms with Crippen LogP contribution in [0.15, 0.2) is 72.8 Å². The van der Waals surface area contributed by atoms with Crippen LogP contribution in [-0.4, -0.2) is 0 Å². The average molecular weight is 311 g/mol. The Bertz CT molecular complexity index is 1030. The minimum Gasteiger partial charge on any atom is -0.399 e. The smallest absolute Gasteiger partial charge is 0.0320 e. The van der Waals surface area contributed by atoms with Crippen molar-refractivity contribution in [1.29, 1.82) is 0 Å². The topological polar surface area (TPSA) is 26.0 Å². The molecule has 0 aliphatic heterocycles. The number of nitrogen functional groups attached to an aromatic ring is 1. The normalized spacial score (nSPS) is 11.5. The van der Waals surface area contributed by atoms with Gasteiger partial charge in [0.25, 0.3) is 0 Å². The second-order valence-corrected chi connectivity index (χ2v) is 6.73. The van der Waals surface area contributed by atoms with E-state index in [4.69, 9.17) is 5.73 Å². The van der Waals surface area contributed by atoms with Crippen LogP contribution >= 0.6 is 0 Å². The number of anilines is 1. The predicted molar refractivity (Wildman–Crippen MR) is 105 cm³/mol. The van der Waals surface area contributed by atoms with Gasteiger partial charge in [0.05, 0.1) is 0 Å². The van der Waals surface area contributed by atoms with E-state index in [1.807, 2.05) is 6.07 Å². The lowest BCUT2D eigenvalue weighted by Crippen LogP contribution is -1.91. The van der Waals surface area contributed by atoms with Crippen LogP contribution in [-0.2, 0) is 0 Å². The first-order valence-corrected chi connectivity index (χ1v) is 8.45. The third-order valence-electron chi connectivity index (χ3n) is 4.75. The van der Waals surface area contributed by atoms with Gasteiger partial charge in [0, 0.05) is 5.69 Å². The molecule has 1 heteroatoms. The molecule has 1 nitrogen and oxygen atoms in total. The molecule has 0 aliphatic rings. The fraction of sp³-hybridized carbons (Fsp3) is 0.130. The van der Waals surface area contributed by atoms with Crippen molar-refractivity contribution in [3.63, 3.8) is 0 Å². The SMILES string of the molecule is CC(C)c1ccc2c(c1)c(-c1ccccc1)cc1cc(N)ccc12. The van der Waals surface area contributed by atoms with Crippen LogP contribution in [0.25, 0.3) is 32.7 Å². The first-order chi connectivity index (χ1) is 11.6. The summed E-state index contributed by atoms with van der Waals surface area (Å²) in [7, 11) is 0. The van der Waals surface area contributed by atoms with Crippen LogP contribution < -0.4 is 5.73 Å². The Morgan fingerprint density at radius 2 is 1.46 bits per heavy atom. The molecule has 0 saturated carbocycles. The van der Waals surface area contributed by atoms with Gasteiger partial charge in [-0.3, -0.25) is 0 Å². The maximum atomic E-state index is 6.02. The van der Waals surface area contributed by atoms with Crippen molar-refractivity contribution in [1.82, 2.24) is 0 Å². The molecule has 4 rings (SSSR count). The lowest BCUT2D eigenvalue weighted by Gasteiger charge is -2.14. The third kappa shape index (κ3) is 2.43. The Balaban J connectivity index is 2.15. The van der Waals surface area contributed by atoms with Crippen LogP contribution in [0.4, 0.5) is 5.69 Å². The molecular formula is C23H21N. The largest absolute Gasteiger partial charge is 0.399 e. The van der Waals surface area contributed by atoms with Gasteiger partial charge in [0.2, 0.25) is 0 Å². The molecule has 24 heavy (non-hydrogen) atoms. The highest BCUT2D eigenvalue weighted by atomic mass is 14.5. The molecule has 0 atom stereocenters. The number of fused-ring (bicyclic) bond motifs is 3. The van der Waals surface area contributed by atoms with Crippen molar-refractivity contribution >= 4 is 27.2 Å². The maximum Gasteiger partial charge on any atom is 0.0320 e. The van der Waals surface area contributed by atoms with E-state index in [-0.39, 0.29) is 0 Å². The van der Waals surface area contributed by atoms with Gasteiger partial charge in [-0.15, -0.1) is 0 Å². The second-order valence-electron chi connectivity index (χ2n) is 6.73. The molecule has 4 aromatic carbocycles. The van der Waals surface area contributed by atoms with Crippen molar-refractivity contribution in [3.05, 3.63) is 78.4 Å². The molecule has 0 heterocycles. The second kappa shape index (κ2) is 5.68. The van der Waals surface area contributed by atoms with Gasteiger partial charge in [0.15, 0.2) is 0 Å². The molecule has 0 saturated heterocycles. The van der Waals surface area contributed by atoms with E-state index >= 15 is 0 Å². The summed E-state index contributed by atoms with van der Waals surface area (Å²) in [6.45, 7) is 4.48. The minimum atomic E-state index is 0.514. The maximum absolute atomic E-state index is 6.02. The molecule has 0 amide bonds. The summed E-state index contributed by atoms with van der Waals surface area (Å²) in [4.78, 5) is 0. The molecule has 0 unspecified atom stereocenters. The van der Waals surface area contributed by atoms with E-state index in [9.17, 15) is 0 Å². The molecule has 118 valence electrons. The first kappa shape index (κ1) is 14.8. The van der Waals surface area contributed by atoms with E-state index in [2.05, 4.69) is 80.6 Å². The first-order valence-electron chi connectivity index (χ1n) is 8.45. The summed E-state index contributed by atoms with van der Waals surface area (Å²) in [5, 5.41) is 5.05. The fourth-order valence-electron chi connectivity index (χ4n) is 3.41. The number of rotatable bonds is 2. The highest BCUT2D eigenvalue weighted by molar-refractivity contribution is 6.14. The zero-order chi connectivity index (χ0) is 16.7. The summed E-state index contributed by atoms with van der Waals surface area (Å²) < 4.78 is 0. The molecule has 0 aromatic heterocycles. The van der Waals surface area contributed by atoms with Crippen LogP contribution in [0.2, 0.25) is 0 Å². The molecule has 0 aliphatic carbocycles. The summed E-state index contributed by atoms with van der Waals surface area (Å²) >= 11 is 0. The van der Waals surface area contributed by atoms with Gasteiger partial charge >= 0.3 is 0 Å². The fourth-order valence-corrected chi connectivity index (χ4v) is 3.41. The van der Waals surface area contributed by atoms with E-state index < -0.39 is 0 Å². The highest BCUT2D eigenvalue weighted by Gasteiger charge is 2.10. The Hall–Kier alpha value is -2.80. The summed E-state index contributed by atoms with van der Waals surface area (Å²) in [5.74, 6) is 0.514.